The highest BCUT2D eigenvalue weighted by Gasteiger charge is 2.31. The molecule has 2 aromatic rings. The average molecular weight is 296 g/mol. The van der Waals surface area contributed by atoms with E-state index < -0.39 is 17.0 Å². The van der Waals surface area contributed by atoms with E-state index in [4.69, 9.17) is 0 Å². The summed E-state index contributed by atoms with van der Waals surface area (Å²) in [5, 5.41) is -0.146. The number of fused-ring (bicyclic) bond motifs is 1. The number of hydrogen-bond acceptors (Lipinski definition) is 3. The molecule has 108 valence electrons. The molecule has 0 amide bonds. The van der Waals surface area contributed by atoms with Gasteiger partial charge in [-0.3, -0.25) is 0 Å². The van der Waals surface area contributed by atoms with E-state index in [0.29, 0.717) is 29.3 Å². The van der Waals surface area contributed by atoms with Crippen LogP contribution in [0.1, 0.15) is 47.1 Å². The van der Waals surface area contributed by atoms with E-state index in [2.05, 4.69) is 8.75 Å². The Morgan fingerprint density at radius 3 is 1.95 bits per heavy atom. The second-order valence-corrected chi connectivity index (χ2v) is 7.96. The van der Waals surface area contributed by atoms with Gasteiger partial charge in [0.25, 0.3) is 0 Å². The highest BCUT2D eigenvalue weighted by molar-refractivity contribution is 7.00. The Morgan fingerprint density at radius 2 is 1.45 bits per heavy atom. The van der Waals surface area contributed by atoms with Gasteiger partial charge in [-0.25, -0.2) is 8.78 Å². The monoisotopic (exact) mass is 296 g/mol. The van der Waals surface area contributed by atoms with Crippen LogP contribution in [0.15, 0.2) is 0 Å². The van der Waals surface area contributed by atoms with Gasteiger partial charge >= 0.3 is 0 Å². The molecule has 0 fully saturated rings. The summed E-state index contributed by atoms with van der Waals surface area (Å²) in [4.78, 5) is 0. The van der Waals surface area contributed by atoms with Crippen LogP contribution in [0.2, 0.25) is 5.31 Å². The van der Waals surface area contributed by atoms with E-state index in [9.17, 15) is 8.78 Å². The van der Waals surface area contributed by atoms with Gasteiger partial charge in [0.05, 0.1) is 11.7 Å². The SMILES string of the molecule is CC(C)(C)Bc1c(F)c(F)c(C(C)(C)C)c2nsnc12. The number of hydrogen-bond donors (Lipinski definition) is 0. The fourth-order valence-electron chi connectivity index (χ4n) is 2.38. The molecule has 0 saturated carbocycles. The van der Waals surface area contributed by atoms with Gasteiger partial charge in [-0.1, -0.05) is 46.9 Å². The molecular formula is C14H19BF2N2S. The average Bonchev–Trinajstić information content (AvgIpc) is 2.69. The van der Waals surface area contributed by atoms with Gasteiger partial charge in [0.15, 0.2) is 18.9 Å². The predicted octanol–water partition coefficient (Wildman–Crippen LogP) is 3.55. The van der Waals surface area contributed by atoms with Crippen LogP contribution in [-0.2, 0) is 5.41 Å². The maximum absolute atomic E-state index is 14.5. The third-order valence-corrected chi connectivity index (χ3v) is 3.67. The van der Waals surface area contributed by atoms with Crippen molar-refractivity contribution in [1.29, 1.82) is 0 Å². The predicted molar refractivity (Wildman–Crippen MR) is 82.5 cm³/mol. The van der Waals surface area contributed by atoms with Gasteiger partial charge in [-0.05, 0) is 10.9 Å². The summed E-state index contributed by atoms with van der Waals surface area (Å²) in [6.45, 7) is 11.5. The summed E-state index contributed by atoms with van der Waals surface area (Å²) in [5.74, 6) is -1.55. The van der Waals surface area contributed by atoms with Crippen molar-refractivity contribution in [2.24, 2.45) is 0 Å². The van der Waals surface area contributed by atoms with E-state index in [-0.39, 0.29) is 5.31 Å². The Hall–Kier alpha value is -1.04. The molecule has 6 heteroatoms. The van der Waals surface area contributed by atoms with Crippen LogP contribution in [0.3, 0.4) is 0 Å². The lowest BCUT2D eigenvalue weighted by atomic mass is 9.50. The van der Waals surface area contributed by atoms with Gasteiger partial charge in [0.2, 0.25) is 0 Å². The van der Waals surface area contributed by atoms with Gasteiger partial charge in [0.1, 0.15) is 11.0 Å². The third kappa shape index (κ3) is 2.71. The number of aromatic nitrogens is 2. The van der Waals surface area contributed by atoms with Crippen molar-refractivity contribution in [3.8, 4) is 0 Å². The number of halogens is 2. The third-order valence-electron chi connectivity index (χ3n) is 3.15. The van der Waals surface area contributed by atoms with Gasteiger partial charge < -0.3 is 0 Å². The summed E-state index contributed by atoms with van der Waals surface area (Å²) < 4.78 is 37.4. The topological polar surface area (TPSA) is 25.8 Å². The molecule has 1 aromatic heterocycles. The van der Waals surface area contributed by atoms with Gasteiger partial charge in [-0.15, -0.1) is 0 Å². The zero-order valence-electron chi connectivity index (χ0n) is 12.8. The lowest BCUT2D eigenvalue weighted by Gasteiger charge is -2.23. The molecule has 0 atom stereocenters. The largest absolute Gasteiger partial charge is 0.204 e. The van der Waals surface area contributed by atoms with Crippen LogP contribution < -0.4 is 5.46 Å². The second-order valence-electron chi connectivity index (χ2n) is 7.43. The van der Waals surface area contributed by atoms with E-state index in [1.807, 2.05) is 41.5 Å². The number of nitrogens with zero attached hydrogens (tertiary/aromatic N) is 2. The number of rotatable bonds is 1. The van der Waals surface area contributed by atoms with Crippen molar-refractivity contribution in [2.75, 3.05) is 0 Å². The van der Waals surface area contributed by atoms with E-state index in [1.165, 1.54) is 0 Å². The Labute approximate surface area is 123 Å². The fourth-order valence-corrected chi connectivity index (χ4v) is 2.96. The Bertz CT molecular complexity index is 654. The summed E-state index contributed by atoms with van der Waals surface area (Å²) in [6, 6.07) is 0. The van der Waals surface area contributed by atoms with Crippen LogP contribution in [0, 0.1) is 11.6 Å². The molecule has 2 nitrogen and oxygen atoms in total. The lowest BCUT2D eigenvalue weighted by Crippen LogP contribution is -2.30. The molecule has 0 radical (unpaired) electrons. The molecule has 0 N–H and O–H groups in total. The molecule has 0 unspecified atom stereocenters. The maximum atomic E-state index is 14.5. The summed E-state index contributed by atoms with van der Waals surface area (Å²) >= 11 is 1.01. The molecule has 2 rings (SSSR count). The van der Waals surface area contributed by atoms with Crippen LogP contribution >= 0.6 is 11.7 Å². The summed E-state index contributed by atoms with van der Waals surface area (Å²) in [6.07, 6.45) is 0. The van der Waals surface area contributed by atoms with E-state index in [0.717, 1.165) is 11.7 Å². The zero-order valence-corrected chi connectivity index (χ0v) is 13.6. The molecule has 1 aromatic carbocycles. The normalized spacial score (nSPS) is 13.0. The van der Waals surface area contributed by atoms with Crippen LogP contribution in [0.25, 0.3) is 11.0 Å². The van der Waals surface area contributed by atoms with Crippen molar-refractivity contribution in [3.05, 3.63) is 17.2 Å². The minimum atomic E-state index is -0.781. The van der Waals surface area contributed by atoms with Crippen molar-refractivity contribution in [3.63, 3.8) is 0 Å². The Balaban J connectivity index is 2.81. The summed E-state index contributed by atoms with van der Waals surface area (Å²) in [7, 11) is 0.433. The lowest BCUT2D eigenvalue weighted by molar-refractivity contribution is 0.472. The molecule has 1 heterocycles. The second kappa shape index (κ2) is 4.76. The van der Waals surface area contributed by atoms with Crippen molar-refractivity contribution < 1.29 is 8.78 Å². The molecule has 0 saturated heterocycles. The first-order valence-corrected chi connectivity index (χ1v) is 7.38. The first kappa shape index (κ1) is 15.4. The highest BCUT2D eigenvalue weighted by Crippen LogP contribution is 2.33. The van der Waals surface area contributed by atoms with Crippen LogP contribution in [0.4, 0.5) is 8.78 Å². The van der Waals surface area contributed by atoms with Crippen molar-refractivity contribution >= 4 is 35.5 Å². The fraction of sp³-hybridized carbons (Fsp3) is 0.571. The Morgan fingerprint density at radius 1 is 0.900 bits per heavy atom. The molecule has 0 aliphatic heterocycles. The van der Waals surface area contributed by atoms with E-state index >= 15 is 0 Å². The molecular weight excluding hydrogens is 277 g/mol. The van der Waals surface area contributed by atoms with E-state index in [1.54, 1.807) is 0 Å². The molecule has 0 aliphatic carbocycles. The minimum absolute atomic E-state index is 0.146. The highest BCUT2D eigenvalue weighted by atomic mass is 32.1. The van der Waals surface area contributed by atoms with Gasteiger partial charge in [0, 0.05) is 5.56 Å². The molecule has 20 heavy (non-hydrogen) atoms. The number of benzene rings is 1. The van der Waals surface area contributed by atoms with Crippen molar-refractivity contribution in [1.82, 2.24) is 8.75 Å². The molecule has 0 aliphatic rings. The maximum Gasteiger partial charge on any atom is 0.170 e. The zero-order chi connectivity index (χ0) is 15.3. The molecule has 0 bridgehead atoms. The smallest absolute Gasteiger partial charge is 0.170 e. The standard InChI is InChI=1S/C14H19BF2N2S/c1-13(2,3)7-9(16)10(17)8(15-14(4,5)6)12-11(7)18-20-19-12/h15H,1-6H3. The van der Waals surface area contributed by atoms with Gasteiger partial charge in [-0.2, -0.15) is 8.75 Å². The van der Waals surface area contributed by atoms with Crippen LogP contribution in [-0.4, -0.2) is 16.0 Å². The first-order valence-electron chi connectivity index (χ1n) is 6.65. The Kier molecular flexibility index (Phi) is 3.65. The summed E-state index contributed by atoms with van der Waals surface area (Å²) in [5.41, 5.74) is 1.15. The van der Waals surface area contributed by atoms with Crippen molar-refractivity contribution in [2.45, 2.75) is 52.3 Å². The quantitative estimate of drug-likeness (QED) is 0.752. The molecule has 0 spiro atoms. The van der Waals surface area contributed by atoms with Crippen LogP contribution in [0.5, 0.6) is 0 Å². The first-order chi connectivity index (χ1) is 9.02. The minimum Gasteiger partial charge on any atom is -0.204 e.